The lowest BCUT2D eigenvalue weighted by atomic mass is 9.85. The van der Waals surface area contributed by atoms with Crippen LogP contribution < -0.4 is 5.73 Å². The van der Waals surface area contributed by atoms with Gasteiger partial charge in [0.25, 0.3) is 0 Å². The SMILES string of the molecule is Cc1nnc(C(C)(C)CC(C)N)n1C. The molecule has 0 spiro atoms. The van der Waals surface area contributed by atoms with Crippen LogP contribution in [0.5, 0.6) is 0 Å². The fraction of sp³-hybridized carbons (Fsp3) is 0.800. The van der Waals surface area contributed by atoms with Crippen molar-refractivity contribution in [3.8, 4) is 0 Å². The van der Waals surface area contributed by atoms with Crippen molar-refractivity contribution in [1.29, 1.82) is 0 Å². The van der Waals surface area contributed by atoms with Crippen LogP contribution in [-0.2, 0) is 12.5 Å². The van der Waals surface area contributed by atoms with Crippen molar-refractivity contribution < 1.29 is 0 Å². The number of aryl methyl sites for hydroxylation is 1. The standard InChI is InChI=1S/C10H20N4/c1-7(11)6-10(3,4)9-13-12-8(2)14(9)5/h7H,6,11H2,1-5H3. The van der Waals surface area contributed by atoms with E-state index in [2.05, 4.69) is 24.0 Å². The Labute approximate surface area is 85.5 Å². The fourth-order valence-electron chi connectivity index (χ4n) is 1.89. The second-order valence-corrected chi connectivity index (χ2v) is 4.70. The number of nitrogens with two attached hydrogens (primary N) is 1. The zero-order valence-corrected chi connectivity index (χ0v) is 9.70. The molecule has 0 fully saturated rings. The van der Waals surface area contributed by atoms with Crippen LogP contribution in [0.2, 0.25) is 0 Å². The monoisotopic (exact) mass is 196 g/mol. The van der Waals surface area contributed by atoms with Crippen LogP contribution in [0.15, 0.2) is 0 Å². The molecular formula is C10H20N4. The highest BCUT2D eigenvalue weighted by molar-refractivity contribution is 5.07. The first-order valence-corrected chi connectivity index (χ1v) is 4.96. The van der Waals surface area contributed by atoms with Gasteiger partial charge in [0.2, 0.25) is 0 Å². The second-order valence-electron chi connectivity index (χ2n) is 4.70. The molecular weight excluding hydrogens is 176 g/mol. The van der Waals surface area contributed by atoms with E-state index < -0.39 is 0 Å². The predicted molar refractivity (Wildman–Crippen MR) is 57.0 cm³/mol. The van der Waals surface area contributed by atoms with E-state index in [0.717, 1.165) is 18.1 Å². The van der Waals surface area contributed by atoms with Crippen molar-refractivity contribution in [3.63, 3.8) is 0 Å². The summed E-state index contributed by atoms with van der Waals surface area (Å²) in [5.74, 6) is 1.95. The third kappa shape index (κ3) is 2.12. The second kappa shape index (κ2) is 3.69. The molecule has 1 aromatic rings. The highest BCUT2D eigenvalue weighted by atomic mass is 15.3. The first-order valence-electron chi connectivity index (χ1n) is 4.96. The molecule has 1 heterocycles. The summed E-state index contributed by atoms with van der Waals surface area (Å²) < 4.78 is 2.03. The van der Waals surface area contributed by atoms with Crippen LogP contribution in [0.4, 0.5) is 0 Å². The number of hydrogen-bond acceptors (Lipinski definition) is 3. The quantitative estimate of drug-likeness (QED) is 0.788. The minimum Gasteiger partial charge on any atom is -0.328 e. The smallest absolute Gasteiger partial charge is 0.138 e. The molecule has 0 aliphatic heterocycles. The molecule has 0 amide bonds. The lowest BCUT2D eigenvalue weighted by molar-refractivity contribution is 0.402. The molecule has 4 nitrogen and oxygen atoms in total. The van der Waals surface area contributed by atoms with Gasteiger partial charge in [-0.25, -0.2) is 0 Å². The summed E-state index contributed by atoms with van der Waals surface area (Å²) in [5, 5.41) is 8.26. The van der Waals surface area contributed by atoms with E-state index >= 15 is 0 Å². The third-order valence-electron chi connectivity index (χ3n) is 2.53. The Morgan fingerprint density at radius 1 is 1.43 bits per heavy atom. The molecule has 1 atom stereocenters. The van der Waals surface area contributed by atoms with Crippen LogP contribution in [0.3, 0.4) is 0 Å². The third-order valence-corrected chi connectivity index (χ3v) is 2.53. The Morgan fingerprint density at radius 2 is 2.00 bits per heavy atom. The van der Waals surface area contributed by atoms with E-state index in [0.29, 0.717) is 0 Å². The lowest BCUT2D eigenvalue weighted by Crippen LogP contribution is -2.30. The maximum absolute atomic E-state index is 5.82. The summed E-state index contributed by atoms with van der Waals surface area (Å²) in [6, 6.07) is 0.182. The van der Waals surface area contributed by atoms with Crippen molar-refractivity contribution in [2.45, 2.75) is 45.6 Å². The van der Waals surface area contributed by atoms with Gasteiger partial charge in [-0.2, -0.15) is 0 Å². The van der Waals surface area contributed by atoms with Gasteiger partial charge in [0.05, 0.1) is 0 Å². The van der Waals surface area contributed by atoms with E-state index in [9.17, 15) is 0 Å². The van der Waals surface area contributed by atoms with Crippen LogP contribution >= 0.6 is 0 Å². The van der Waals surface area contributed by atoms with Gasteiger partial charge in [0.15, 0.2) is 0 Å². The summed E-state index contributed by atoms with van der Waals surface area (Å²) in [7, 11) is 1.99. The van der Waals surface area contributed by atoms with E-state index in [-0.39, 0.29) is 11.5 Å². The lowest BCUT2D eigenvalue weighted by Gasteiger charge is -2.25. The van der Waals surface area contributed by atoms with E-state index in [1.165, 1.54) is 0 Å². The molecule has 1 aromatic heterocycles. The van der Waals surface area contributed by atoms with Crippen LogP contribution in [-0.4, -0.2) is 20.8 Å². The first-order chi connectivity index (χ1) is 6.34. The molecule has 2 N–H and O–H groups in total. The van der Waals surface area contributed by atoms with E-state index in [4.69, 9.17) is 5.73 Å². The molecule has 80 valence electrons. The zero-order valence-electron chi connectivity index (χ0n) is 9.70. The molecule has 0 saturated carbocycles. The Balaban J connectivity index is 2.97. The minimum atomic E-state index is -0.00975. The molecule has 14 heavy (non-hydrogen) atoms. The van der Waals surface area contributed by atoms with Gasteiger partial charge in [-0.15, -0.1) is 10.2 Å². The van der Waals surface area contributed by atoms with Crippen LogP contribution in [0.25, 0.3) is 0 Å². The predicted octanol–water partition coefficient (Wildman–Crippen LogP) is 1.14. The first kappa shape index (κ1) is 11.2. The Morgan fingerprint density at radius 3 is 2.36 bits per heavy atom. The van der Waals surface area contributed by atoms with Crippen molar-refractivity contribution >= 4 is 0 Å². The van der Waals surface area contributed by atoms with Crippen LogP contribution in [0.1, 0.15) is 38.8 Å². The van der Waals surface area contributed by atoms with Crippen LogP contribution in [0, 0.1) is 6.92 Å². The van der Waals surface area contributed by atoms with Crippen molar-refractivity contribution in [1.82, 2.24) is 14.8 Å². The molecule has 1 unspecified atom stereocenters. The van der Waals surface area contributed by atoms with Gasteiger partial charge >= 0.3 is 0 Å². The summed E-state index contributed by atoms with van der Waals surface area (Å²) in [4.78, 5) is 0. The Hall–Kier alpha value is -0.900. The molecule has 0 radical (unpaired) electrons. The molecule has 4 heteroatoms. The van der Waals surface area contributed by atoms with E-state index in [1.54, 1.807) is 0 Å². The van der Waals surface area contributed by atoms with Gasteiger partial charge in [0, 0.05) is 18.5 Å². The number of hydrogen-bond donors (Lipinski definition) is 1. The van der Waals surface area contributed by atoms with Crippen molar-refractivity contribution in [2.75, 3.05) is 0 Å². The summed E-state index contributed by atoms with van der Waals surface area (Å²) in [6.45, 7) is 8.28. The number of aromatic nitrogens is 3. The number of rotatable bonds is 3. The highest BCUT2D eigenvalue weighted by Gasteiger charge is 2.27. The van der Waals surface area contributed by atoms with Gasteiger partial charge in [-0.1, -0.05) is 13.8 Å². The largest absolute Gasteiger partial charge is 0.328 e. The van der Waals surface area contributed by atoms with Crippen molar-refractivity contribution in [2.24, 2.45) is 12.8 Å². The van der Waals surface area contributed by atoms with Gasteiger partial charge in [-0.3, -0.25) is 0 Å². The molecule has 0 aliphatic rings. The fourth-order valence-corrected chi connectivity index (χ4v) is 1.89. The molecule has 0 bridgehead atoms. The van der Waals surface area contributed by atoms with Gasteiger partial charge in [-0.05, 0) is 20.3 Å². The maximum Gasteiger partial charge on any atom is 0.138 e. The molecule has 0 saturated heterocycles. The summed E-state index contributed by atoms with van der Waals surface area (Å²) >= 11 is 0. The number of nitrogens with zero attached hydrogens (tertiary/aromatic N) is 3. The molecule has 0 aromatic carbocycles. The molecule has 0 aliphatic carbocycles. The maximum atomic E-state index is 5.82. The Bertz CT molecular complexity index is 312. The molecule has 1 rings (SSSR count). The van der Waals surface area contributed by atoms with Crippen molar-refractivity contribution in [3.05, 3.63) is 11.6 Å². The average Bonchev–Trinajstić information content (AvgIpc) is 2.30. The van der Waals surface area contributed by atoms with E-state index in [1.807, 2.05) is 25.5 Å². The van der Waals surface area contributed by atoms with Gasteiger partial charge < -0.3 is 10.3 Å². The topological polar surface area (TPSA) is 56.7 Å². The average molecular weight is 196 g/mol. The Kier molecular flexibility index (Phi) is 2.95. The minimum absolute atomic E-state index is 0.00975. The summed E-state index contributed by atoms with van der Waals surface area (Å²) in [6.07, 6.45) is 0.916. The highest BCUT2D eigenvalue weighted by Crippen LogP contribution is 2.26. The summed E-state index contributed by atoms with van der Waals surface area (Å²) in [5.41, 5.74) is 5.81. The van der Waals surface area contributed by atoms with Gasteiger partial charge in [0.1, 0.15) is 11.6 Å². The normalized spacial score (nSPS) is 14.4. The zero-order chi connectivity index (χ0) is 10.9.